The second-order valence-electron chi connectivity index (χ2n) is 5.87. The van der Waals surface area contributed by atoms with Crippen molar-refractivity contribution in [3.63, 3.8) is 0 Å². The van der Waals surface area contributed by atoms with Gasteiger partial charge in [-0.05, 0) is 36.2 Å². The molecule has 0 aliphatic carbocycles. The summed E-state index contributed by atoms with van der Waals surface area (Å²) in [5.41, 5.74) is 2.44. The van der Waals surface area contributed by atoms with Crippen LogP contribution in [0.1, 0.15) is 30.5 Å². The number of halogens is 1. The average Bonchev–Trinajstić information content (AvgIpc) is 2.47. The van der Waals surface area contributed by atoms with Crippen LogP contribution in [0.4, 0.5) is 4.39 Å². The zero-order valence-corrected chi connectivity index (χ0v) is 12.2. The molecule has 2 aliphatic heterocycles. The van der Waals surface area contributed by atoms with Gasteiger partial charge in [-0.15, -0.1) is 0 Å². The first-order valence-corrected chi connectivity index (χ1v) is 7.73. The van der Waals surface area contributed by atoms with Crippen LogP contribution in [-0.4, -0.2) is 49.1 Å². The van der Waals surface area contributed by atoms with Gasteiger partial charge in [0.05, 0.1) is 0 Å². The minimum absolute atomic E-state index is 0.126. The highest BCUT2D eigenvalue weighted by molar-refractivity contribution is 5.33. The lowest BCUT2D eigenvalue weighted by atomic mass is 9.95. The number of hydrogen-bond donors (Lipinski definition) is 1. The molecule has 110 valence electrons. The molecule has 0 bridgehead atoms. The predicted molar refractivity (Wildman–Crippen MR) is 79.2 cm³/mol. The number of nitrogens with one attached hydrogen (secondary N) is 1. The highest BCUT2D eigenvalue weighted by Crippen LogP contribution is 2.28. The Morgan fingerprint density at radius 3 is 2.80 bits per heavy atom. The van der Waals surface area contributed by atoms with Crippen molar-refractivity contribution in [3.05, 3.63) is 35.1 Å². The Morgan fingerprint density at radius 2 is 2.05 bits per heavy atom. The van der Waals surface area contributed by atoms with Crippen LogP contribution in [0.3, 0.4) is 0 Å². The van der Waals surface area contributed by atoms with Gasteiger partial charge in [-0.1, -0.05) is 13.0 Å². The third kappa shape index (κ3) is 2.87. The summed E-state index contributed by atoms with van der Waals surface area (Å²) in [5, 5.41) is 3.43. The van der Waals surface area contributed by atoms with Gasteiger partial charge < -0.3 is 10.2 Å². The summed E-state index contributed by atoms with van der Waals surface area (Å²) in [7, 11) is 0. The molecule has 1 aromatic carbocycles. The van der Waals surface area contributed by atoms with E-state index in [1.807, 2.05) is 6.07 Å². The number of benzene rings is 1. The highest BCUT2D eigenvalue weighted by Gasteiger charge is 2.28. The van der Waals surface area contributed by atoms with Crippen LogP contribution in [0.2, 0.25) is 0 Å². The summed E-state index contributed by atoms with van der Waals surface area (Å²) in [6.45, 7) is 9.75. The molecule has 0 spiro atoms. The minimum Gasteiger partial charge on any atom is -0.311 e. The van der Waals surface area contributed by atoms with Crippen molar-refractivity contribution >= 4 is 0 Å². The van der Waals surface area contributed by atoms with Crippen molar-refractivity contribution in [1.29, 1.82) is 0 Å². The zero-order valence-electron chi connectivity index (χ0n) is 12.2. The van der Waals surface area contributed by atoms with Crippen LogP contribution in [-0.2, 0) is 6.54 Å². The number of nitrogens with zero attached hydrogens (tertiary/aromatic N) is 2. The van der Waals surface area contributed by atoms with E-state index < -0.39 is 0 Å². The van der Waals surface area contributed by atoms with Crippen molar-refractivity contribution in [3.8, 4) is 0 Å². The van der Waals surface area contributed by atoms with Gasteiger partial charge in [0, 0.05) is 45.3 Å². The second kappa shape index (κ2) is 6.20. The Kier molecular flexibility index (Phi) is 4.34. The van der Waals surface area contributed by atoms with E-state index in [0.29, 0.717) is 6.04 Å². The molecule has 1 fully saturated rings. The van der Waals surface area contributed by atoms with E-state index in [4.69, 9.17) is 0 Å². The van der Waals surface area contributed by atoms with Gasteiger partial charge in [0.15, 0.2) is 0 Å². The van der Waals surface area contributed by atoms with Crippen molar-refractivity contribution in [1.82, 2.24) is 15.1 Å². The molecule has 0 aromatic heterocycles. The fourth-order valence-electron chi connectivity index (χ4n) is 3.45. The summed E-state index contributed by atoms with van der Waals surface area (Å²) in [6, 6.07) is 5.67. The average molecular weight is 277 g/mol. The molecule has 1 N–H and O–H groups in total. The fourth-order valence-corrected chi connectivity index (χ4v) is 3.45. The molecular weight excluding hydrogens is 253 g/mol. The van der Waals surface area contributed by atoms with E-state index in [0.717, 1.165) is 44.8 Å². The first kappa shape index (κ1) is 14.0. The summed E-state index contributed by atoms with van der Waals surface area (Å²) >= 11 is 0. The lowest BCUT2D eigenvalue weighted by Gasteiger charge is -2.41. The van der Waals surface area contributed by atoms with E-state index in [-0.39, 0.29) is 5.82 Å². The highest BCUT2D eigenvalue weighted by atomic mass is 19.1. The van der Waals surface area contributed by atoms with Crippen LogP contribution >= 0.6 is 0 Å². The quantitative estimate of drug-likeness (QED) is 0.911. The van der Waals surface area contributed by atoms with Crippen LogP contribution in [0.25, 0.3) is 0 Å². The molecule has 1 aromatic rings. The van der Waals surface area contributed by atoms with Gasteiger partial charge in [-0.3, -0.25) is 4.90 Å². The normalized spacial score (nSPS) is 24.6. The van der Waals surface area contributed by atoms with E-state index in [1.54, 1.807) is 12.1 Å². The molecule has 3 rings (SSSR count). The molecule has 0 amide bonds. The van der Waals surface area contributed by atoms with Gasteiger partial charge in [0.2, 0.25) is 0 Å². The summed E-state index contributed by atoms with van der Waals surface area (Å²) in [6.07, 6.45) is 1.23. The van der Waals surface area contributed by atoms with E-state index in [2.05, 4.69) is 22.0 Å². The molecule has 0 radical (unpaired) electrons. The minimum atomic E-state index is -0.126. The van der Waals surface area contributed by atoms with E-state index in [1.165, 1.54) is 18.5 Å². The molecular formula is C16H24FN3. The molecule has 20 heavy (non-hydrogen) atoms. The standard InChI is InChI=1S/C16H24FN3/c1-2-5-19-6-8-20(9-7-19)16-12-18-11-13-10-14(17)3-4-15(13)16/h3-4,10,16,18H,2,5-9,11-12H2,1H3/t16-/m1/s1. The maximum atomic E-state index is 13.4. The van der Waals surface area contributed by atoms with Crippen LogP contribution < -0.4 is 5.32 Å². The third-order valence-electron chi connectivity index (χ3n) is 4.50. The number of rotatable bonds is 3. The maximum absolute atomic E-state index is 13.4. The predicted octanol–water partition coefficient (Wildman–Crippen LogP) is 2.00. The number of piperazine rings is 1. The molecule has 1 saturated heterocycles. The topological polar surface area (TPSA) is 18.5 Å². The largest absolute Gasteiger partial charge is 0.311 e. The Balaban J connectivity index is 1.70. The Bertz CT molecular complexity index is 455. The Morgan fingerprint density at radius 1 is 1.25 bits per heavy atom. The monoisotopic (exact) mass is 277 g/mol. The molecule has 2 aliphatic rings. The van der Waals surface area contributed by atoms with Gasteiger partial charge in [-0.25, -0.2) is 4.39 Å². The van der Waals surface area contributed by atoms with Crippen LogP contribution in [0, 0.1) is 5.82 Å². The summed E-state index contributed by atoms with van der Waals surface area (Å²) in [5.74, 6) is -0.126. The number of fused-ring (bicyclic) bond motifs is 1. The van der Waals surface area contributed by atoms with Crippen molar-refractivity contribution in [2.75, 3.05) is 39.3 Å². The van der Waals surface area contributed by atoms with E-state index >= 15 is 0 Å². The zero-order chi connectivity index (χ0) is 13.9. The summed E-state index contributed by atoms with van der Waals surface area (Å²) < 4.78 is 13.4. The molecule has 0 saturated carbocycles. The van der Waals surface area contributed by atoms with Crippen LogP contribution in [0.5, 0.6) is 0 Å². The molecule has 0 unspecified atom stereocenters. The second-order valence-corrected chi connectivity index (χ2v) is 5.87. The Hall–Kier alpha value is -0.970. The van der Waals surface area contributed by atoms with E-state index in [9.17, 15) is 4.39 Å². The summed E-state index contributed by atoms with van der Waals surface area (Å²) in [4.78, 5) is 5.09. The van der Waals surface area contributed by atoms with Crippen molar-refractivity contribution < 1.29 is 4.39 Å². The maximum Gasteiger partial charge on any atom is 0.123 e. The van der Waals surface area contributed by atoms with Gasteiger partial charge in [-0.2, -0.15) is 0 Å². The van der Waals surface area contributed by atoms with Crippen molar-refractivity contribution in [2.24, 2.45) is 0 Å². The smallest absolute Gasteiger partial charge is 0.123 e. The molecule has 3 nitrogen and oxygen atoms in total. The first-order valence-electron chi connectivity index (χ1n) is 7.73. The van der Waals surface area contributed by atoms with Gasteiger partial charge in [0.25, 0.3) is 0 Å². The third-order valence-corrected chi connectivity index (χ3v) is 4.50. The lowest BCUT2D eigenvalue weighted by molar-refractivity contribution is 0.0917. The SMILES string of the molecule is CCCN1CCN([C@@H]2CNCc3cc(F)ccc32)CC1. The molecule has 1 atom stereocenters. The molecule has 4 heteroatoms. The van der Waals surface area contributed by atoms with Crippen molar-refractivity contribution in [2.45, 2.75) is 25.9 Å². The number of hydrogen-bond acceptors (Lipinski definition) is 3. The van der Waals surface area contributed by atoms with Gasteiger partial charge >= 0.3 is 0 Å². The molecule has 2 heterocycles. The Labute approximate surface area is 120 Å². The first-order chi connectivity index (χ1) is 9.78. The van der Waals surface area contributed by atoms with Gasteiger partial charge in [0.1, 0.15) is 5.82 Å². The van der Waals surface area contributed by atoms with Crippen LogP contribution in [0.15, 0.2) is 18.2 Å². The lowest BCUT2D eigenvalue weighted by Crippen LogP contribution is -2.50. The fraction of sp³-hybridized carbons (Fsp3) is 0.625.